The van der Waals surface area contributed by atoms with E-state index in [-0.39, 0.29) is 5.91 Å². The van der Waals surface area contributed by atoms with Crippen LogP contribution < -0.4 is 4.74 Å². The summed E-state index contributed by atoms with van der Waals surface area (Å²) in [5, 5.41) is 8.50. The molecule has 5 nitrogen and oxygen atoms in total. The van der Waals surface area contributed by atoms with Crippen LogP contribution in [0.4, 0.5) is 0 Å². The van der Waals surface area contributed by atoms with Crippen molar-refractivity contribution >= 4 is 11.9 Å². The van der Waals surface area contributed by atoms with Crippen LogP contribution in [-0.2, 0) is 16.1 Å². The maximum atomic E-state index is 11.8. The number of amides is 1. The average molecular weight is 263 g/mol. The average Bonchev–Trinajstić information content (AvgIpc) is 2.42. The Labute approximate surface area is 112 Å². The van der Waals surface area contributed by atoms with Gasteiger partial charge in [-0.2, -0.15) is 0 Å². The first-order chi connectivity index (χ1) is 9.06. The molecule has 0 aromatic heterocycles. The van der Waals surface area contributed by atoms with E-state index in [0.29, 0.717) is 13.1 Å². The minimum Gasteiger partial charge on any atom is -0.497 e. The number of benzene rings is 1. The van der Waals surface area contributed by atoms with Crippen LogP contribution in [0.25, 0.3) is 0 Å². The summed E-state index contributed by atoms with van der Waals surface area (Å²) in [4.78, 5) is 23.7. The van der Waals surface area contributed by atoms with Crippen LogP contribution in [0.2, 0.25) is 0 Å². The van der Waals surface area contributed by atoms with Gasteiger partial charge < -0.3 is 14.7 Å². The first-order valence-electron chi connectivity index (χ1n) is 5.89. The molecule has 0 heterocycles. The molecule has 1 N–H and O–H groups in total. The molecule has 102 valence electrons. The Morgan fingerprint density at radius 1 is 1.37 bits per heavy atom. The van der Waals surface area contributed by atoms with Gasteiger partial charge in [0.15, 0.2) is 0 Å². The Hall–Kier alpha value is -2.30. The normalized spacial score (nSPS) is 10.4. The number of carboxylic acid groups (broad SMARTS) is 1. The highest BCUT2D eigenvalue weighted by Gasteiger charge is 2.09. The van der Waals surface area contributed by atoms with Gasteiger partial charge in [-0.05, 0) is 24.6 Å². The maximum Gasteiger partial charge on any atom is 0.328 e. The first-order valence-corrected chi connectivity index (χ1v) is 5.89. The molecule has 0 fully saturated rings. The molecule has 0 aliphatic rings. The second-order valence-corrected chi connectivity index (χ2v) is 3.88. The highest BCUT2D eigenvalue weighted by Crippen LogP contribution is 2.14. The zero-order chi connectivity index (χ0) is 14.3. The zero-order valence-electron chi connectivity index (χ0n) is 11.0. The molecule has 0 saturated carbocycles. The number of carboxylic acids is 1. The Morgan fingerprint density at radius 3 is 2.68 bits per heavy atom. The zero-order valence-corrected chi connectivity index (χ0v) is 11.0. The van der Waals surface area contributed by atoms with E-state index in [1.165, 1.54) is 0 Å². The SMILES string of the molecule is CCN(Cc1cccc(OC)c1)C(=O)/C=C/C(=O)O. The number of rotatable bonds is 6. The fourth-order valence-electron chi connectivity index (χ4n) is 1.58. The molecule has 0 atom stereocenters. The Balaban J connectivity index is 2.75. The van der Waals surface area contributed by atoms with Crippen molar-refractivity contribution in [3.63, 3.8) is 0 Å². The van der Waals surface area contributed by atoms with Crippen LogP contribution in [0.15, 0.2) is 36.4 Å². The number of nitrogens with zero attached hydrogens (tertiary/aromatic N) is 1. The van der Waals surface area contributed by atoms with E-state index in [4.69, 9.17) is 9.84 Å². The largest absolute Gasteiger partial charge is 0.497 e. The smallest absolute Gasteiger partial charge is 0.328 e. The van der Waals surface area contributed by atoms with Gasteiger partial charge in [0, 0.05) is 25.2 Å². The highest BCUT2D eigenvalue weighted by atomic mass is 16.5. The second kappa shape index (κ2) is 7.20. The monoisotopic (exact) mass is 263 g/mol. The van der Waals surface area contributed by atoms with Gasteiger partial charge in [-0.15, -0.1) is 0 Å². The topological polar surface area (TPSA) is 66.8 Å². The molecule has 1 amide bonds. The summed E-state index contributed by atoms with van der Waals surface area (Å²) in [5.41, 5.74) is 0.929. The number of hydrogen-bond acceptors (Lipinski definition) is 3. The van der Waals surface area contributed by atoms with Crippen LogP contribution >= 0.6 is 0 Å². The van der Waals surface area contributed by atoms with Crippen molar-refractivity contribution in [2.45, 2.75) is 13.5 Å². The van der Waals surface area contributed by atoms with Crippen molar-refractivity contribution in [3.8, 4) is 5.75 Å². The van der Waals surface area contributed by atoms with E-state index in [9.17, 15) is 9.59 Å². The summed E-state index contributed by atoms with van der Waals surface area (Å²) in [7, 11) is 1.58. The standard InChI is InChI=1S/C14H17NO4/c1-3-15(13(16)7-8-14(17)18)10-11-5-4-6-12(9-11)19-2/h4-9H,3,10H2,1-2H3,(H,17,18)/b8-7+. The molecule has 0 aliphatic heterocycles. The quantitative estimate of drug-likeness (QED) is 0.793. The molecule has 0 spiro atoms. The molecule has 0 unspecified atom stereocenters. The second-order valence-electron chi connectivity index (χ2n) is 3.88. The molecule has 1 rings (SSSR count). The number of aliphatic carboxylic acids is 1. The van der Waals surface area contributed by atoms with Gasteiger partial charge in [0.2, 0.25) is 5.91 Å². The molecule has 1 aromatic carbocycles. The highest BCUT2D eigenvalue weighted by molar-refractivity contribution is 5.93. The fourth-order valence-corrected chi connectivity index (χ4v) is 1.58. The summed E-state index contributed by atoms with van der Waals surface area (Å²) in [6.45, 7) is 2.75. The third kappa shape index (κ3) is 4.83. The number of carbonyl (C=O) groups excluding carboxylic acids is 1. The van der Waals surface area contributed by atoms with Crippen LogP contribution in [0, 0.1) is 0 Å². The van der Waals surface area contributed by atoms with Gasteiger partial charge in [-0.25, -0.2) is 4.79 Å². The Morgan fingerprint density at radius 2 is 2.11 bits per heavy atom. The predicted octanol–water partition coefficient (Wildman–Crippen LogP) is 1.68. The molecule has 0 bridgehead atoms. The summed E-state index contributed by atoms with van der Waals surface area (Å²) in [5.74, 6) is -0.736. The van der Waals surface area contributed by atoms with E-state index >= 15 is 0 Å². The van der Waals surface area contributed by atoms with Crippen LogP contribution in [0.1, 0.15) is 12.5 Å². The van der Waals surface area contributed by atoms with Gasteiger partial charge in [-0.3, -0.25) is 4.79 Å². The van der Waals surface area contributed by atoms with Gasteiger partial charge in [0.1, 0.15) is 5.75 Å². The lowest BCUT2D eigenvalue weighted by Crippen LogP contribution is -2.28. The Bertz CT molecular complexity index is 482. The molecule has 1 aromatic rings. The maximum absolute atomic E-state index is 11.8. The van der Waals surface area contributed by atoms with Crippen molar-refractivity contribution in [2.75, 3.05) is 13.7 Å². The minimum absolute atomic E-state index is 0.326. The van der Waals surface area contributed by atoms with Crippen molar-refractivity contribution in [1.82, 2.24) is 4.90 Å². The van der Waals surface area contributed by atoms with Crippen molar-refractivity contribution in [3.05, 3.63) is 42.0 Å². The number of hydrogen-bond donors (Lipinski definition) is 1. The van der Waals surface area contributed by atoms with Gasteiger partial charge >= 0.3 is 5.97 Å². The lowest BCUT2D eigenvalue weighted by molar-refractivity contribution is -0.132. The third-order valence-corrected chi connectivity index (χ3v) is 2.57. The van der Waals surface area contributed by atoms with E-state index < -0.39 is 5.97 Å². The number of ether oxygens (including phenoxy) is 1. The summed E-state index contributed by atoms with van der Waals surface area (Å²) < 4.78 is 5.11. The summed E-state index contributed by atoms with van der Waals surface area (Å²) >= 11 is 0. The number of carbonyl (C=O) groups is 2. The lowest BCUT2D eigenvalue weighted by Gasteiger charge is -2.19. The van der Waals surface area contributed by atoms with Crippen molar-refractivity contribution < 1.29 is 19.4 Å². The summed E-state index contributed by atoms with van der Waals surface area (Å²) in [6, 6.07) is 7.40. The molecular weight excluding hydrogens is 246 g/mol. The van der Waals surface area contributed by atoms with Crippen LogP contribution in [-0.4, -0.2) is 35.5 Å². The summed E-state index contributed by atoms with van der Waals surface area (Å²) in [6.07, 6.45) is 1.91. The molecule has 0 radical (unpaired) electrons. The molecule has 5 heteroatoms. The van der Waals surface area contributed by atoms with Gasteiger partial charge in [-0.1, -0.05) is 12.1 Å². The molecular formula is C14H17NO4. The van der Waals surface area contributed by atoms with E-state index in [0.717, 1.165) is 23.5 Å². The fraction of sp³-hybridized carbons (Fsp3) is 0.286. The number of likely N-dealkylation sites (N-methyl/N-ethyl adjacent to an activating group) is 1. The lowest BCUT2D eigenvalue weighted by atomic mass is 10.2. The van der Waals surface area contributed by atoms with Crippen molar-refractivity contribution in [2.24, 2.45) is 0 Å². The van der Waals surface area contributed by atoms with E-state index in [1.54, 1.807) is 12.0 Å². The minimum atomic E-state index is -1.13. The Kier molecular flexibility index (Phi) is 5.60. The van der Waals surface area contributed by atoms with Crippen molar-refractivity contribution in [1.29, 1.82) is 0 Å². The predicted molar refractivity (Wildman–Crippen MR) is 70.9 cm³/mol. The van der Waals surface area contributed by atoms with Crippen LogP contribution in [0.3, 0.4) is 0 Å². The van der Waals surface area contributed by atoms with Gasteiger partial charge in [0.25, 0.3) is 0 Å². The third-order valence-electron chi connectivity index (χ3n) is 2.57. The van der Waals surface area contributed by atoms with Crippen LogP contribution in [0.5, 0.6) is 5.75 Å². The van der Waals surface area contributed by atoms with E-state index in [2.05, 4.69) is 0 Å². The first kappa shape index (κ1) is 14.8. The van der Waals surface area contributed by atoms with E-state index in [1.807, 2.05) is 31.2 Å². The number of methoxy groups -OCH3 is 1. The van der Waals surface area contributed by atoms with Gasteiger partial charge in [0.05, 0.1) is 7.11 Å². The molecule has 0 saturated heterocycles. The molecule has 19 heavy (non-hydrogen) atoms. The molecule has 0 aliphatic carbocycles.